The molecule has 0 amide bonds. The molecule has 0 aromatic heterocycles. The normalized spacial score (nSPS) is 20.6. The molecule has 5 rings (SSSR count). The number of fused-ring (bicyclic) bond motifs is 1. The summed E-state index contributed by atoms with van der Waals surface area (Å²) in [7, 11) is -3.50. The Morgan fingerprint density at radius 3 is 2.36 bits per heavy atom. The van der Waals surface area contributed by atoms with Crippen LogP contribution in [0.15, 0.2) is 83.8 Å². The van der Waals surface area contributed by atoms with Crippen LogP contribution in [0, 0.1) is 0 Å². The summed E-state index contributed by atoms with van der Waals surface area (Å²) in [6, 6.07) is 25.7. The molecular weight excluding hydrogens is 368 g/mol. The van der Waals surface area contributed by atoms with Crippen LogP contribution in [0.3, 0.4) is 0 Å². The van der Waals surface area contributed by atoms with E-state index < -0.39 is 10.0 Å². The molecule has 3 aromatic rings. The van der Waals surface area contributed by atoms with Crippen molar-refractivity contribution in [2.45, 2.75) is 29.7 Å². The third kappa shape index (κ3) is 3.06. The van der Waals surface area contributed by atoms with Gasteiger partial charge in [0.1, 0.15) is 0 Å². The van der Waals surface area contributed by atoms with E-state index in [-0.39, 0.29) is 0 Å². The molecule has 2 atom stereocenters. The predicted octanol–water partition coefficient (Wildman–Crippen LogP) is 4.41. The maximum Gasteiger partial charge on any atom is 0.264 e. The SMILES string of the molecule is O=S(=O)(c1ccccc1)N1CCc2cc(C3CC3Nc3ccccc3)ccc21. The van der Waals surface area contributed by atoms with Crippen LogP contribution in [0.25, 0.3) is 0 Å². The van der Waals surface area contributed by atoms with Gasteiger partial charge < -0.3 is 5.32 Å². The highest BCUT2D eigenvalue weighted by atomic mass is 32.2. The topological polar surface area (TPSA) is 49.4 Å². The molecule has 2 unspecified atom stereocenters. The van der Waals surface area contributed by atoms with Crippen molar-refractivity contribution in [1.29, 1.82) is 0 Å². The van der Waals surface area contributed by atoms with E-state index in [0.29, 0.717) is 23.4 Å². The first kappa shape index (κ1) is 17.3. The summed E-state index contributed by atoms with van der Waals surface area (Å²) in [5.41, 5.74) is 4.39. The summed E-state index contributed by atoms with van der Waals surface area (Å²) < 4.78 is 27.5. The molecule has 1 heterocycles. The van der Waals surface area contributed by atoms with Crippen LogP contribution in [-0.4, -0.2) is 21.0 Å². The van der Waals surface area contributed by atoms with Gasteiger partial charge in [-0.25, -0.2) is 8.42 Å². The molecule has 28 heavy (non-hydrogen) atoms. The summed E-state index contributed by atoms with van der Waals surface area (Å²) in [6.45, 7) is 0.506. The summed E-state index contributed by atoms with van der Waals surface area (Å²) >= 11 is 0. The Bertz CT molecular complexity index is 1100. The summed E-state index contributed by atoms with van der Waals surface area (Å²) in [5, 5.41) is 3.58. The van der Waals surface area contributed by atoms with Gasteiger partial charge in [-0.2, -0.15) is 0 Å². The van der Waals surface area contributed by atoms with Crippen LogP contribution in [0.5, 0.6) is 0 Å². The lowest BCUT2D eigenvalue weighted by atomic mass is 10.0. The molecule has 2 aliphatic rings. The number of sulfonamides is 1. The average Bonchev–Trinajstić information content (AvgIpc) is 3.35. The Hall–Kier alpha value is -2.79. The highest BCUT2D eigenvalue weighted by Gasteiger charge is 2.39. The molecule has 4 nitrogen and oxygen atoms in total. The van der Waals surface area contributed by atoms with E-state index in [1.165, 1.54) is 5.56 Å². The van der Waals surface area contributed by atoms with Crippen molar-refractivity contribution in [2.75, 3.05) is 16.2 Å². The first-order valence-corrected chi connectivity index (χ1v) is 11.1. The van der Waals surface area contributed by atoms with Crippen molar-refractivity contribution >= 4 is 21.4 Å². The van der Waals surface area contributed by atoms with E-state index >= 15 is 0 Å². The Morgan fingerprint density at radius 2 is 1.61 bits per heavy atom. The number of para-hydroxylation sites is 1. The van der Waals surface area contributed by atoms with Crippen LogP contribution >= 0.6 is 0 Å². The van der Waals surface area contributed by atoms with Crippen molar-refractivity contribution in [3.05, 3.63) is 90.0 Å². The fourth-order valence-electron chi connectivity index (χ4n) is 4.06. The van der Waals surface area contributed by atoms with Crippen molar-refractivity contribution in [1.82, 2.24) is 0 Å². The molecule has 0 saturated heterocycles. The molecule has 3 aromatic carbocycles. The fraction of sp³-hybridized carbons (Fsp3) is 0.217. The second kappa shape index (κ2) is 6.67. The minimum absolute atomic E-state index is 0.348. The lowest BCUT2D eigenvalue weighted by Gasteiger charge is -2.19. The standard InChI is InChI=1S/C23H22N2O2S/c26-28(27,20-9-5-2-6-10-20)25-14-13-18-15-17(11-12-23(18)25)21-16-22(21)24-19-7-3-1-4-8-19/h1-12,15,21-22,24H,13-14,16H2. The van der Waals surface area contributed by atoms with Gasteiger partial charge in [-0.1, -0.05) is 48.5 Å². The number of benzene rings is 3. The first-order chi connectivity index (χ1) is 13.6. The first-order valence-electron chi connectivity index (χ1n) is 9.65. The van der Waals surface area contributed by atoms with Crippen LogP contribution in [0.2, 0.25) is 0 Å². The molecule has 1 aliphatic carbocycles. The van der Waals surface area contributed by atoms with Crippen molar-refractivity contribution in [2.24, 2.45) is 0 Å². The van der Waals surface area contributed by atoms with Gasteiger partial charge in [-0.05, 0) is 54.3 Å². The molecule has 142 valence electrons. The molecular formula is C23H22N2O2S. The maximum absolute atomic E-state index is 13.0. The summed E-state index contributed by atoms with van der Waals surface area (Å²) in [6.07, 6.45) is 1.87. The lowest BCUT2D eigenvalue weighted by Crippen LogP contribution is -2.29. The summed E-state index contributed by atoms with van der Waals surface area (Å²) in [5.74, 6) is 0.491. The van der Waals surface area contributed by atoms with Crippen LogP contribution < -0.4 is 9.62 Å². The van der Waals surface area contributed by atoms with Gasteiger partial charge in [0.25, 0.3) is 10.0 Å². The lowest BCUT2D eigenvalue weighted by molar-refractivity contribution is 0.592. The number of hydrogen-bond donors (Lipinski definition) is 1. The second-order valence-corrected chi connectivity index (χ2v) is 9.35. The monoisotopic (exact) mass is 390 g/mol. The zero-order chi connectivity index (χ0) is 19.1. The smallest absolute Gasteiger partial charge is 0.264 e. The number of nitrogens with zero attached hydrogens (tertiary/aromatic N) is 1. The Labute approximate surface area is 165 Å². The van der Waals surface area contributed by atoms with Gasteiger partial charge >= 0.3 is 0 Å². The van der Waals surface area contributed by atoms with Crippen molar-refractivity contribution in [3.63, 3.8) is 0 Å². The van der Waals surface area contributed by atoms with E-state index in [0.717, 1.165) is 29.8 Å². The van der Waals surface area contributed by atoms with Crippen molar-refractivity contribution in [3.8, 4) is 0 Å². The largest absolute Gasteiger partial charge is 0.382 e. The number of rotatable bonds is 5. The zero-order valence-electron chi connectivity index (χ0n) is 15.5. The molecule has 1 saturated carbocycles. The van der Waals surface area contributed by atoms with Gasteiger partial charge in [0.15, 0.2) is 0 Å². The van der Waals surface area contributed by atoms with E-state index in [1.54, 1.807) is 28.6 Å². The third-order valence-corrected chi connectivity index (χ3v) is 7.46. The molecule has 5 heteroatoms. The highest BCUT2D eigenvalue weighted by molar-refractivity contribution is 7.92. The van der Waals surface area contributed by atoms with Gasteiger partial charge in [0.05, 0.1) is 10.6 Å². The van der Waals surface area contributed by atoms with E-state index in [9.17, 15) is 8.42 Å². The van der Waals surface area contributed by atoms with Crippen LogP contribution in [-0.2, 0) is 16.4 Å². The molecule has 1 aliphatic heterocycles. The number of hydrogen-bond acceptors (Lipinski definition) is 3. The molecule has 0 bridgehead atoms. The van der Waals surface area contributed by atoms with Gasteiger partial charge in [0, 0.05) is 24.2 Å². The predicted molar refractivity (Wildman–Crippen MR) is 112 cm³/mol. The van der Waals surface area contributed by atoms with E-state index in [1.807, 2.05) is 30.3 Å². The Kier molecular flexibility index (Phi) is 4.13. The van der Waals surface area contributed by atoms with Crippen molar-refractivity contribution < 1.29 is 8.42 Å². The zero-order valence-corrected chi connectivity index (χ0v) is 16.3. The molecule has 1 fully saturated rings. The fourth-order valence-corrected chi connectivity index (χ4v) is 5.59. The number of anilines is 2. The van der Waals surface area contributed by atoms with E-state index in [2.05, 4.69) is 29.6 Å². The third-order valence-electron chi connectivity index (χ3n) is 5.63. The van der Waals surface area contributed by atoms with Gasteiger partial charge in [-0.3, -0.25) is 4.31 Å². The Balaban J connectivity index is 1.35. The van der Waals surface area contributed by atoms with Crippen LogP contribution in [0.1, 0.15) is 23.5 Å². The molecule has 0 radical (unpaired) electrons. The van der Waals surface area contributed by atoms with E-state index in [4.69, 9.17) is 0 Å². The molecule has 1 N–H and O–H groups in total. The minimum Gasteiger partial charge on any atom is -0.382 e. The molecule has 0 spiro atoms. The van der Waals surface area contributed by atoms with Gasteiger partial charge in [-0.15, -0.1) is 0 Å². The second-order valence-electron chi connectivity index (χ2n) is 7.49. The Morgan fingerprint density at radius 1 is 0.893 bits per heavy atom. The van der Waals surface area contributed by atoms with Crippen LogP contribution in [0.4, 0.5) is 11.4 Å². The highest BCUT2D eigenvalue weighted by Crippen LogP contribution is 2.45. The summed E-state index contributed by atoms with van der Waals surface area (Å²) in [4.78, 5) is 0.348. The number of nitrogens with one attached hydrogen (secondary N) is 1. The maximum atomic E-state index is 13.0. The van der Waals surface area contributed by atoms with Gasteiger partial charge in [0.2, 0.25) is 0 Å². The quantitative estimate of drug-likeness (QED) is 0.702. The average molecular weight is 391 g/mol. The minimum atomic E-state index is -3.50.